The van der Waals surface area contributed by atoms with Gasteiger partial charge in [-0.1, -0.05) is 18.2 Å². The summed E-state index contributed by atoms with van der Waals surface area (Å²) in [4.78, 5) is 21.0. The summed E-state index contributed by atoms with van der Waals surface area (Å²) in [6.07, 6.45) is 1.13. The van der Waals surface area contributed by atoms with Gasteiger partial charge in [-0.3, -0.25) is 10.1 Å². The number of nitrogens with zero attached hydrogens (tertiary/aromatic N) is 2. The number of benzene rings is 2. The molecule has 0 atom stereocenters. The Labute approximate surface area is 125 Å². The molecular formula is C14H12N4O4. The number of para-hydroxylation sites is 1. The molecule has 0 aliphatic carbocycles. The van der Waals surface area contributed by atoms with E-state index in [9.17, 15) is 14.9 Å². The zero-order chi connectivity index (χ0) is 15.9. The van der Waals surface area contributed by atoms with E-state index in [1.165, 1.54) is 18.2 Å². The Morgan fingerprint density at radius 1 is 1.23 bits per heavy atom. The molecule has 8 heteroatoms. The van der Waals surface area contributed by atoms with E-state index in [0.29, 0.717) is 11.5 Å². The highest BCUT2D eigenvalue weighted by atomic mass is 16.6. The number of rotatable bonds is 5. The fourth-order valence-corrected chi connectivity index (χ4v) is 1.66. The van der Waals surface area contributed by atoms with Gasteiger partial charge in [0.05, 0.1) is 16.7 Å². The zero-order valence-electron chi connectivity index (χ0n) is 11.3. The van der Waals surface area contributed by atoms with Crippen LogP contribution in [0.2, 0.25) is 0 Å². The third-order valence-corrected chi connectivity index (χ3v) is 2.55. The van der Waals surface area contributed by atoms with E-state index in [2.05, 4.69) is 5.10 Å². The van der Waals surface area contributed by atoms with Gasteiger partial charge in [0.1, 0.15) is 11.5 Å². The lowest BCUT2D eigenvalue weighted by Crippen LogP contribution is -2.24. The first-order valence-corrected chi connectivity index (χ1v) is 6.16. The molecule has 8 nitrogen and oxygen atoms in total. The normalized spacial score (nSPS) is 10.4. The lowest BCUT2D eigenvalue weighted by molar-refractivity contribution is -0.385. The van der Waals surface area contributed by atoms with Crippen molar-refractivity contribution >= 4 is 17.9 Å². The molecule has 0 saturated carbocycles. The SMILES string of the molecule is NC(=O)NN=Cc1cc(Oc2ccccc2)ccc1[N+](=O)[O-]. The van der Waals surface area contributed by atoms with Crippen molar-refractivity contribution in [2.24, 2.45) is 10.8 Å². The van der Waals surface area contributed by atoms with Gasteiger partial charge in [0.25, 0.3) is 5.69 Å². The van der Waals surface area contributed by atoms with Crippen molar-refractivity contribution in [3.8, 4) is 11.5 Å². The van der Waals surface area contributed by atoms with Gasteiger partial charge in [-0.15, -0.1) is 0 Å². The van der Waals surface area contributed by atoms with Crippen LogP contribution in [0.5, 0.6) is 11.5 Å². The number of nitrogens with two attached hydrogens (primary N) is 1. The summed E-state index contributed by atoms with van der Waals surface area (Å²) < 4.78 is 5.58. The minimum absolute atomic E-state index is 0.171. The average Bonchev–Trinajstić information content (AvgIpc) is 2.48. The van der Waals surface area contributed by atoms with Gasteiger partial charge in [0, 0.05) is 6.07 Å². The highest BCUT2D eigenvalue weighted by Crippen LogP contribution is 2.26. The Kier molecular flexibility index (Phi) is 4.66. The van der Waals surface area contributed by atoms with Crippen LogP contribution in [0.3, 0.4) is 0 Å². The van der Waals surface area contributed by atoms with E-state index in [4.69, 9.17) is 10.5 Å². The lowest BCUT2D eigenvalue weighted by Gasteiger charge is -2.06. The van der Waals surface area contributed by atoms with Crippen molar-refractivity contribution in [3.05, 3.63) is 64.2 Å². The molecule has 0 radical (unpaired) electrons. The van der Waals surface area contributed by atoms with Crippen LogP contribution in [-0.4, -0.2) is 17.2 Å². The second kappa shape index (κ2) is 6.84. The van der Waals surface area contributed by atoms with Gasteiger partial charge in [0.2, 0.25) is 0 Å². The molecule has 22 heavy (non-hydrogen) atoms. The van der Waals surface area contributed by atoms with Gasteiger partial charge in [-0.05, 0) is 24.3 Å². The Morgan fingerprint density at radius 3 is 2.59 bits per heavy atom. The Bertz CT molecular complexity index is 716. The highest BCUT2D eigenvalue weighted by molar-refractivity contribution is 5.87. The van der Waals surface area contributed by atoms with Gasteiger partial charge in [0.15, 0.2) is 0 Å². The van der Waals surface area contributed by atoms with E-state index >= 15 is 0 Å². The first-order valence-electron chi connectivity index (χ1n) is 6.16. The third-order valence-electron chi connectivity index (χ3n) is 2.55. The molecule has 0 saturated heterocycles. The summed E-state index contributed by atoms with van der Waals surface area (Å²) in [5.74, 6) is 0.992. The van der Waals surface area contributed by atoms with Crippen LogP contribution in [0.4, 0.5) is 10.5 Å². The standard InChI is InChI=1S/C14H12N4O4/c15-14(19)17-16-9-10-8-12(6-7-13(10)18(20)21)22-11-4-2-1-3-5-11/h1-9H,(H3,15,17,19). The molecule has 0 fully saturated rings. The molecule has 0 bridgehead atoms. The van der Waals surface area contributed by atoms with E-state index in [0.717, 1.165) is 6.21 Å². The van der Waals surface area contributed by atoms with Gasteiger partial charge < -0.3 is 10.5 Å². The molecule has 2 aromatic carbocycles. The number of nitro groups is 1. The van der Waals surface area contributed by atoms with E-state index < -0.39 is 11.0 Å². The minimum Gasteiger partial charge on any atom is -0.457 e. The molecule has 2 rings (SSSR count). The molecule has 0 aromatic heterocycles. The smallest absolute Gasteiger partial charge is 0.332 e. The van der Waals surface area contributed by atoms with Crippen molar-refractivity contribution in [2.45, 2.75) is 0 Å². The lowest BCUT2D eigenvalue weighted by atomic mass is 10.2. The summed E-state index contributed by atoms with van der Waals surface area (Å²) in [6, 6.07) is 12.3. The van der Waals surface area contributed by atoms with Crippen LogP contribution in [0.1, 0.15) is 5.56 Å². The van der Waals surface area contributed by atoms with Crippen LogP contribution in [0.25, 0.3) is 0 Å². The van der Waals surface area contributed by atoms with Gasteiger partial charge in [-0.25, -0.2) is 10.2 Å². The largest absolute Gasteiger partial charge is 0.457 e. The van der Waals surface area contributed by atoms with Crippen LogP contribution in [0, 0.1) is 10.1 Å². The predicted octanol–water partition coefficient (Wildman–Crippen LogP) is 2.39. The average molecular weight is 300 g/mol. The Hall–Kier alpha value is -3.42. The van der Waals surface area contributed by atoms with Crippen molar-refractivity contribution < 1.29 is 14.5 Å². The number of hydrazone groups is 1. The maximum absolute atomic E-state index is 11.0. The van der Waals surface area contributed by atoms with E-state index in [1.54, 1.807) is 24.3 Å². The van der Waals surface area contributed by atoms with E-state index in [1.807, 2.05) is 11.5 Å². The maximum atomic E-state index is 11.0. The summed E-state index contributed by atoms with van der Waals surface area (Å²) in [7, 11) is 0. The molecule has 112 valence electrons. The third kappa shape index (κ3) is 4.04. The van der Waals surface area contributed by atoms with Gasteiger partial charge >= 0.3 is 6.03 Å². The molecule has 0 aliphatic heterocycles. The second-order valence-electron chi connectivity index (χ2n) is 4.13. The summed E-state index contributed by atoms with van der Waals surface area (Å²) in [5.41, 5.74) is 6.84. The van der Waals surface area contributed by atoms with Crippen LogP contribution in [-0.2, 0) is 0 Å². The number of primary amides is 1. The predicted molar refractivity (Wildman–Crippen MR) is 79.9 cm³/mol. The van der Waals surface area contributed by atoms with Crippen molar-refractivity contribution in [3.63, 3.8) is 0 Å². The summed E-state index contributed by atoms with van der Waals surface area (Å²) in [6.45, 7) is 0. The number of nitrogens with one attached hydrogen (secondary N) is 1. The number of carbonyl (C=O) groups is 1. The Balaban J connectivity index is 2.28. The first kappa shape index (κ1) is 15.0. The molecule has 0 spiro atoms. The monoisotopic (exact) mass is 300 g/mol. The molecule has 0 unspecified atom stereocenters. The van der Waals surface area contributed by atoms with Crippen molar-refractivity contribution in [2.75, 3.05) is 0 Å². The van der Waals surface area contributed by atoms with Crippen LogP contribution >= 0.6 is 0 Å². The zero-order valence-corrected chi connectivity index (χ0v) is 11.3. The second-order valence-corrected chi connectivity index (χ2v) is 4.13. The highest BCUT2D eigenvalue weighted by Gasteiger charge is 2.13. The maximum Gasteiger partial charge on any atom is 0.332 e. The number of carbonyl (C=O) groups excluding carboxylic acids is 1. The number of urea groups is 1. The summed E-state index contributed by atoms with van der Waals surface area (Å²) in [5, 5.41) is 14.5. The fourth-order valence-electron chi connectivity index (χ4n) is 1.66. The molecule has 0 heterocycles. The topological polar surface area (TPSA) is 120 Å². The molecule has 2 amide bonds. The number of hydrogen-bond acceptors (Lipinski definition) is 5. The van der Waals surface area contributed by atoms with Gasteiger partial charge in [-0.2, -0.15) is 5.10 Å². The first-order chi connectivity index (χ1) is 10.6. The minimum atomic E-state index is -0.865. The van der Waals surface area contributed by atoms with E-state index in [-0.39, 0.29) is 11.3 Å². The molecular weight excluding hydrogens is 288 g/mol. The molecule has 3 N–H and O–H groups in total. The summed E-state index contributed by atoms with van der Waals surface area (Å²) >= 11 is 0. The van der Waals surface area contributed by atoms with Crippen molar-refractivity contribution in [1.29, 1.82) is 0 Å². The number of amides is 2. The molecule has 2 aromatic rings. The number of hydrogen-bond donors (Lipinski definition) is 2. The van der Waals surface area contributed by atoms with Crippen LogP contribution < -0.4 is 15.9 Å². The Morgan fingerprint density at radius 2 is 1.95 bits per heavy atom. The fraction of sp³-hybridized carbons (Fsp3) is 0. The quantitative estimate of drug-likeness (QED) is 0.500. The number of nitro benzene ring substituents is 1. The van der Waals surface area contributed by atoms with Crippen LogP contribution in [0.15, 0.2) is 53.6 Å². The number of ether oxygens (including phenoxy) is 1. The molecule has 0 aliphatic rings. The van der Waals surface area contributed by atoms with Crippen molar-refractivity contribution in [1.82, 2.24) is 5.43 Å².